The van der Waals surface area contributed by atoms with E-state index in [0.717, 1.165) is 0 Å². The molecule has 0 saturated heterocycles. The van der Waals surface area contributed by atoms with Crippen LogP contribution in [0, 0.1) is 0 Å². The first-order valence-electron chi connectivity index (χ1n) is 5.00. The lowest BCUT2D eigenvalue weighted by Crippen LogP contribution is -2.10. The lowest BCUT2D eigenvalue weighted by molar-refractivity contribution is -0.111. The van der Waals surface area contributed by atoms with Crippen molar-refractivity contribution in [2.24, 2.45) is 0 Å². The molecule has 0 spiro atoms. The number of benzene rings is 1. The van der Waals surface area contributed by atoms with Gasteiger partial charge >= 0.3 is 5.97 Å². The number of carbonyl (C=O) groups excluding carboxylic acids is 2. The average Bonchev–Trinajstić information content (AvgIpc) is 2.31. The second kappa shape index (κ2) is 5.69. The molecule has 17 heavy (non-hydrogen) atoms. The third kappa shape index (κ3) is 3.34. The Labute approximate surface area is 99.3 Å². The standard InChI is InChI=1S/C12H14N2O3/c1-3-4-11(15)14-10-6-5-8(7-9(10)13)12(16)17-2/h3-7H,13H2,1-2H3,(H,14,15)/b4-3+. The van der Waals surface area contributed by atoms with E-state index in [-0.39, 0.29) is 5.91 Å². The lowest BCUT2D eigenvalue weighted by atomic mass is 10.1. The summed E-state index contributed by atoms with van der Waals surface area (Å²) < 4.78 is 4.56. The van der Waals surface area contributed by atoms with Crippen LogP contribution in [-0.2, 0) is 9.53 Å². The van der Waals surface area contributed by atoms with E-state index < -0.39 is 5.97 Å². The Morgan fingerprint density at radius 1 is 1.41 bits per heavy atom. The second-order valence-corrected chi connectivity index (χ2v) is 3.28. The van der Waals surface area contributed by atoms with Crippen molar-refractivity contribution in [1.29, 1.82) is 0 Å². The fraction of sp³-hybridized carbons (Fsp3) is 0.167. The van der Waals surface area contributed by atoms with E-state index in [1.807, 2.05) is 0 Å². The number of hydrogen-bond donors (Lipinski definition) is 2. The Balaban J connectivity index is 2.90. The molecular formula is C12H14N2O3. The summed E-state index contributed by atoms with van der Waals surface area (Å²) in [4.78, 5) is 22.5. The third-order valence-electron chi connectivity index (χ3n) is 2.05. The van der Waals surface area contributed by atoms with E-state index in [1.165, 1.54) is 25.3 Å². The van der Waals surface area contributed by atoms with Crippen molar-refractivity contribution in [3.8, 4) is 0 Å². The predicted octanol–water partition coefficient (Wildman–Crippen LogP) is 1.57. The molecule has 0 aliphatic carbocycles. The summed E-state index contributed by atoms with van der Waals surface area (Å²) >= 11 is 0. The highest BCUT2D eigenvalue weighted by molar-refractivity contribution is 6.02. The first-order valence-corrected chi connectivity index (χ1v) is 5.00. The summed E-state index contributed by atoms with van der Waals surface area (Å²) in [5, 5.41) is 2.59. The van der Waals surface area contributed by atoms with Crippen LogP contribution in [0.1, 0.15) is 17.3 Å². The van der Waals surface area contributed by atoms with Crippen LogP contribution in [0.4, 0.5) is 11.4 Å². The van der Waals surface area contributed by atoms with Gasteiger partial charge in [0.25, 0.3) is 0 Å². The molecule has 5 nitrogen and oxygen atoms in total. The van der Waals surface area contributed by atoms with Crippen molar-refractivity contribution >= 4 is 23.3 Å². The molecule has 90 valence electrons. The summed E-state index contributed by atoms with van der Waals surface area (Å²) in [6, 6.07) is 4.55. The largest absolute Gasteiger partial charge is 0.465 e. The number of hydrogen-bond acceptors (Lipinski definition) is 4. The minimum Gasteiger partial charge on any atom is -0.465 e. The van der Waals surface area contributed by atoms with E-state index in [2.05, 4.69) is 10.1 Å². The Bertz CT molecular complexity index is 467. The number of anilines is 2. The highest BCUT2D eigenvalue weighted by atomic mass is 16.5. The number of allylic oxidation sites excluding steroid dienone is 1. The summed E-state index contributed by atoms with van der Waals surface area (Å²) in [7, 11) is 1.29. The zero-order valence-corrected chi connectivity index (χ0v) is 9.69. The van der Waals surface area contributed by atoms with Gasteiger partial charge in [0.05, 0.1) is 24.0 Å². The van der Waals surface area contributed by atoms with E-state index in [9.17, 15) is 9.59 Å². The molecule has 3 N–H and O–H groups in total. The van der Waals surface area contributed by atoms with E-state index in [1.54, 1.807) is 19.1 Å². The molecule has 1 aromatic carbocycles. The number of rotatable bonds is 3. The van der Waals surface area contributed by atoms with Gasteiger partial charge in [-0.3, -0.25) is 4.79 Å². The molecule has 1 aromatic rings. The molecule has 1 rings (SSSR count). The van der Waals surface area contributed by atoms with Crippen molar-refractivity contribution < 1.29 is 14.3 Å². The van der Waals surface area contributed by atoms with Gasteiger partial charge in [0.2, 0.25) is 5.91 Å². The summed E-state index contributed by atoms with van der Waals surface area (Å²) in [6.07, 6.45) is 3.00. The van der Waals surface area contributed by atoms with Crippen molar-refractivity contribution in [1.82, 2.24) is 0 Å². The minimum absolute atomic E-state index is 0.273. The van der Waals surface area contributed by atoms with Crippen molar-refractivity contribution in [3.63, 3.8) is 0 Å². The van der Waals surface area contributed by atoms with Gasteiger partial charge in [-0.2, -0.15) is 0 Å². The van der Waals surface area contributed by atoms with Gasteiger partial charge in [0, 0.05) is 0 Å². The average molecular weight is 234 g/mol. The molecule has 0 saturated carbocycles. The molecule has 0 unspecified atom stereocenters. The van der Waals surface area contributed by atoms with Crippen LogP contribution in [-0.4, -0.2) is 19.0 Å². The number of esters is 1. The fourth-order valence-corrected chi connectivity index (χ4v) is 1.25. The summed E-state index contributed by atoms with van der Waals surface area (Å²) in [5.74, 6) is -0.743. The molecule has 0 radical (unpaired) electrons. The van der Waals surface area contributed by atoms with Crippen molar-refractivity contribution in [2.75, 3.05) is 18.2 Å². The predicted molar refractivity (Wildman–Crippen MR) is 65.6 cm³/mol. The number of amides is 1. The fourth-order valence-electron chi connectivity index (χ4n) is 1.25. The van der Waals surface area contributed by atoms with E-state index >= 15 is 0 Å². The van der Waals surface area contributed by atoms with Gasteiger partial charge in [-0.1, -0.05) is 6.08 Å². The monoisotopic (exact) mass is 234 g/mol. The SMILES string of the molecule is C/C=C/C(=O)Nc1ccc(C(=O)OC)cc1N. The van der Waals surface area contributed by atoms with Crippen LogP contribution in [0.15, 0.2) is 30.4 Å². The van der Waals surface area contributed by atoms with E-state index in [0.29, 0.717) is 16.9 Å². The maximum atomic E-state index is 11.3. The lowest BCUT2D eigenvalue weighted by Gasteiger charge is -2.07. The highest BCUT2D eigenvalue weighted by Crippen LogP contribution is 2.20. The molecule has 0 aromatic heterocycles. The molecule has 0 aliphatic rings. The molecule has 0 aliphatic heterocycles. The van der Waals surface area contributed by atoms with Gasteiger partial charge in [0.1, 0.15) is 0 Å². The summed E-state index contributed by atoms with van der Waals surface area (Å²) in [5.41, 5.74) is 6.82. The summed E-state index contributed by atoms with van der Waals surface area (Å²) in [6.45, 7) is 1.74. The number of methoxy groups -OCH3 is 1. The maximum Gasteiger partial charge on any atom is 0.337 e. The van der Waals surface area contributed by atoms with Crippen LogP contribution < -0.4 is 11.1 Å². The Kier molecular flexibility index (Phi) is 4.28. The van der Waals surface area contributed by atoms with Gasteiger partial charge in [0.15, 0.2) is 0 Å². The molecule has 0 fully saturated rings. The molecular weight excluding hydrogens is 220 g/mol. The Morgan fingerprint density at radius 3 is 2.65 bits per heavy atom. The first kappa shape index (κ1) is 12.8. The molecule has 0 atom stereocenters. The number of carbonyl (C=O) groups is 2. The Morgan fingerprint density at radius 2 is 2.12 bits per heavy atom. The van der Waals surface area contributed by atoms with Gasteiger partial charge in [-0.05, 0) is 31.2 Å². The van der Waals surface area contributed by atoms with Gasteiger partial charge < -0.3 is 15.8 Å². The quantitative estimate of drug-likeness (QED) is 0.472. The van der Waals surface area contributed by atoms with Crippen LogP contribution in [0.5, 0.6) is 0 Å². The highest BCUT2D eigenvalue weighted by Gasteiger charge is 2.08. The Hall–Kier alpha value is -2.30. The molecule has 0 bridgehead atoms. The smallest absolute Gasteiger partial charge is 0.337 e. The number of nitrogens with one attached hydrogen (secondary N) is 1. The maximum absolute atomic E-state index is 11.3. The molecule has 0 heterocycles. The zero-order valence-electron chi connectivity index (χ0n) is 9.69. The van der Waals surface area contributed by atoms with E-state index in [4.69, 9.17) is 5.73 Å². The van der Waals surface area contributed by atoms with Crippen molar-refractivity contribution in [3.05, 3.63) is 35.9 Å². The minimum atomic E-state index is -0.469. The normalized spacial score (nSPS) is 10.2. The van der Waals surface area contributed by atoms with Crippen LogP contribution in [0.25, 0.3) is 0 Å². The van der Waals surface area contributed by atoms with Crippen LogP contribution >= 0.6 is 0 Å². The topological polar surface area (TPSA) is 81.4 Å². The van der Waals surface area contributed by atoms with Gasteiger partial charge in [-0.25, -0.2) is 4.79 Å². The van der Waals surface area contributed by atoms with Crippen LogP contribution in [0.2, 0.25) is 0 Å². The number of nitrogen functional groups attached to an aromatic ring is 1. The second-order valence-electron chi connectivity index (χ2n) is 3.28. The van der Waals surface area contributed by atoms with Crippen molar-refractivity contribution in [2.45, 2.75) is 6.92 Å². The third-order valence-corrected chi connectivity index (χ3v) is 2.05. The van der Waals surface area contributed by atoms with Crippen LogP contribution in [0.3, 0.4) is 0 Å². The zero-order chi connectivity index (χ0) is 12.8. The molecule has 5 heteroatoms. The van der Waals surface area contributed by atoms with Gasteiger partial charge in [-0.15, -0.1) is 0 Å². The number of ether oxygens (including phenoxy) is 1. The number of nitrogens with two attached hydrogens (primary N) is 1. The first-order chi connectivity index (χ1) is 8.08. The molecule has 1 amide bonds.